The normalized spacial score (nSPS) is 22.9. The molecule has 1 aliphatic rings. The third-order valence-electron chi connectivity index (χ3n) is 4.27. The molecule has 2 atom stereocenters. The van der Waals surface area contributed by atoms with Gasteiger partial charge in [0.25, 0.3) is 0 Å². The molecule has 0 aromatic heterocycles. The zero-order valence-corrected chi connectivity index (χ0v) is 14.1. The van der Waals surface area contributed by atoms with Crippen LogP contribution in [0.3, 0.4) is 0 Å². The van der Waals surface area contributed by atoms with E-state index in [1.165, 1.54) is 38.9 Å². The van der Waals surface area contributed by atoms with Crippen molar-refractivity contribution in [3.63, 3.8) is 0 Å². The predicted octanol–water partition coefficient (Wildman–Crippen LogP) is 2.32. The van der Waals surface area contributed by atoms with Crippen LogP contribution in [0.5, 0.6) is 0 Å². The Morgan fingerprint density at radius 1 is 1.35 bits per heavy atom. The molecule has 1 heterocycles. The average Bonchev–Trinajstić information content (AvgIpc) is 2.41. The van der Waals surface area contributed by atoms with Crippen LogP contribution in [0.4, 0.5) is 0 Å². The van der Waals surface area contributed by atoms with Crippen LogP contribution in [0.15, 0.2) is 4.99 Å². The van der Waals surface area contributed by atoms with Crippen LogP contribution in [0.2, 0.25) is 0 Å². The van der Waals surface area contributed by atoms with E-state index in [1.54, 1.807) is 0 Å². The third-order valence-corrected chi connectivity index (χ3v) is 4.27. The Hall–Kier alpha value is -0.770. The molecule has 0 aliphatic carbocycles. The molecule has 1 saturated heterocycles. The van der Waals surface area contributed by atoms with E-state index < -0.39 is 0 Å². The second kappa shape index (κ2) is 9.22. The molecular weight excluding hydrogens is 248 g/mol. The van der Waals surface area contributed by atoms with E-state index in [0.29, 0.717) is 12.0 Å². The summed E-state index contributed by atoms with van der Waals surface area (Å²) in [7, 11) is 1.84. The Bertz CT molecular complexity index is 288. The molecule has 4 heteroatoms. The molecule has 0 saturated carbocycles. The predicted molar refractivity (Wildman–Crippen MR) is 88.3 cm³/mol. The molecule has 2 unspecified atom stereocenters. The second-order valence-corrected chi connectivity index (χ2v) is 6.58. The smallest absolute Gasteiger partial charge is 0.191 e. The molecule has 0 radical (unpaired) electrons. The largest absolute Gasteiger partial charge is 0.356 e. The van der Waals surface area contributed by atoms with E-state index in [0.717, 1.165) is 18.4 Å². The van der Waals surface area contributed by atoms with Gasteiger partial charge in [-0.1, -0.05) is 20.8 Å². The van der Waals surface area contributed by atoms with E-state index in [9.17, 15) is 0 Å². The van der Waals surface area contributed by atoms with Gasteiger partial charge in [0.1, 0.15) is 0 Å². The van der Waals surface area contributed by atoms with Gasteiger partial charge < -0.3 is 15.5 Å². The summed E-state index contributed by atoms with van der Waals surface area (Å²) in [5.74, 6) is 2.42. The summed E-state index contributed by atoms with van der Waals surface area (Å²) < 4.78 is 0. The molecule has 20 heavy (non-hydrogen) atoms. The first-order chi connectivity index (χ1) is 9.52. The average molecular weight is 282 g/mol. The van der Waals surface area contributed by atoms with Crippen LogP contribution in [0.25, 0.3) is 0 Å². The monoisotopic (exact) mass is 282 g/mol. The maximum Gasteiger partial charge on any atom is 0.191 e. The minimum atomic E-state index is 0.448. The van der Waals surface area contributed by atoms with Crippen molar-refractivity contribution in [1.29, 1.82) is 0 Å². The third kappa shape index (κ3) is 6.60. The number of piperidine rings is 1. The number of nitrogens with one attached hydrogen (secondary N) is 2. The Morgan fingerprint density at radius 3 is 2.70 bits per heavy atom. The highest BCUT2D eigenvalue weighted by Crippen LogP contribution is 2.15. The zero-order chi connectivity index (χ0) is 15.0. The lowest BCUT2D eigenvalue weighted by Crippen LogP contribution is -2.45. The van der Waals surface area contributed by atoms with Crippen LogP contribution in [-0.2, 0) is 0 Å². The van der Waals surface area contributed by atoms with Gasteiger partial charge in [-0.05, 0) is 51.1 Å². The van der Waals surface area contributed by atoms with Gasteiger partial charge in [-0.3, -0.25) is 4.99 Å². The van der Waals surface area contributed by atoms with Gasteiger partial charge in [0.05, 0.1) is 0 Å². The number of guanidine groups is 1. The summed E-state index contributed by atoms with van der Waals surface area (Å²) >= 11 is 0. The van der Waals surface area contributed by atoms with Crippen LogP contribution >= 0.6 is 0 Å². The number of hydrogen-bond donors (Lipinski definition) is 2. The fourth-order valence-electron chi connectivity index (χ4n) is 2.58. The fraction of sp³-hybridized carbons (Fsp3) is 0.938. The molecule has 0 amide bonds. The van der Waals surface area contributed by atoms with Crippen molar-refractivity contribution in [2.45, 2.75) is 53.0 Å². The standard InChI is InChI=1S/C16H34N4/c1-13(2)15(4)19-16(17-5)18-9-7-11-20-10-6-8-14(3)12-20/h13-15H,6-12H2,1-5H3,(H2,17,18,19). The number of nitrogens with zero attached hydrogens (tertiary/aromatic N) is 2. The number of likely N-dealkylation sites (tertiary alicyclic amines) is 1. The molecule has 1 aliphatic heterocycles. The van der Waals surface area contributed by atoms with Crippen LogP contribution in [0, 0.1) is 11.8 Å². The van der Waals surface area contributed by atoms with Crippen molar-refractivity contribution in [3.05, 3.63) is 0 Å². The van der Waals surface area contributed by atoms with Crippen molar-refractivity contribution in [2.75, 3.05) is 33.2 Å². The molecule has 2 N–H and O–H groups in total. The van der Waals surface area contributed by atoms with Gasteiger partial charge in [0.15, 0.2) is 5.96 Å². The summed E-state index contributed by atoms with van der Waals surface area (Å²) in [6.45, 7) is 13.8. The van der Waals surface area contributed by atoms with Gasteiger partial charge in [-0.15, -0.1) is 0 Å². The molecule has 0 aromatic carbocycles. The van der Waals surface area contributed by atoms with Crippen molar-refractivity contribution < 1.29 is 0 Å². The molecule has 0 aromatic rings. The van der Waals surface area contributed by atoms with Gasteiger partial charge >= 0.3 is 0 Å². The molecule has 1 rings (SSSR count). The Morgan fingerprint density at radius 2 is 2.10 bits per heavy atom. The summed E-state index contributed by atoms with van der Waals surface area (Å²) in [6, 6.07) is 0.448. The lowest BCUT2D eigenvalue weighted by Gasteiger charge is -2.30. The van der Waals surface area contributed by atoms with Crippen LogP contribution in [-0.4, -0.2) is 50.1 Å². The summed E-state index contributed by atoms with van der Waals surface area (Å²) in [6.07, 6.45) is 3.95. The minimum Gasteiger partial charge on any atom is -0.356 e. The lowest BCUT2D eigenvalue weighted by atomic mass is 10.0. The van der Waals surface area contributed by atoms with Crippen molar-refractivity contribution in [1.82, 2.24) is 15.5 Å². The Labute approximate surface area is 125 Å². The highest BCUT2D eigenvalue weighted by Gasteiger charge is 2.15. The first-order valence-electron chi connectivity index (χ1n) is 8.22. The fourth-order valence-corrected chi connectivity index (χ4v) is 2.58. The molecular formula is C16H34N4. The van der Waals surface area contributed by atoms with E-state index in [-0.39, 0.29) is 0 Å². The molecule has 0 spiro atoms. The minimum absolute atomic E-state index is 0.448. The number of rotatable bonds is 6. The molecule has 4 nitrogen and oxygen atoms in total. The first-order valence-corrected chi connectivity index (χ1v) is 8.22. The Balaban J connectivity index is 2.15. The van der Waals surface area contributed by atoms with E-state index in [4.69, 9.17) is 0 Å². The quantitative estimate of drug-likeness (QED) is 0.446. The number of hydrogen-bond acceptors (Lipinski definition) is 2. The Kier molecular flexibility index (Phi) is 7.97. The van der Waals surface area contributed by atoms with Crippen molar-refractivity contribution in [3.8, 4) is 0 Å². The highest BCUT2D eigenvalue weighted by atomic mass is 15.2. The van der Waals surface area contributed by atoms with Gasteiger partial charge in [0.2, 0.25) is 0 Å². The zero-order valence-electron chi connectivity index (χ0n) is 14.1. The summed E-state index contributed by atoms with van der Waals surface area (Å²) in [4.78, 5) is 6.89. The maximum absolute atomic E-state index is 4.29. The van der Waals surface area contributed by atoms with Crippen LogP contribution < -0.4 is 10.6 Å². The van der Waals surface area contributed by atoms with Crippen LogP contribution in [0.1, 0.15) is 47.0 Å². The van der Waals surface area contributed by atoms with E-state index in [2.05, 4.69) is 48.2 Å². The van der Waals surface area contributed by atoms with Gasteiger partial charge in [-0.25, -0.2) is 0 Å². The van der Waals surface area contributed by atoms with Crippen molar-refractivity contribution in [2.24, 2.45) is 16.8 Å². The topological polar surface area (TPSA) is 39.7 Å². The van der Waals surface area contributed by atoms with Gasteiger partial charge in [-0.2, -0.15) is 0 Å². The molecule has 118 valence electrons. The molecule has 1 fully saturated rings. The van der Waals surface area contributed by atoms with E-state index in [1.807, 2.05) is 7.05 Å². The summed E-state index contributed by atoms with van der Waals surface area (Å²) in [5, 5.41) is 6.86. The SMILES string of the molecule is CN=C(NCCCN1CCCC(C)C1)NC(C)C(C)C. The first kappa shape index (κ1) is 17.3. The van der Waals surface area contributed by atoms with E-state index >= 15 is 0 Å². The lowest BCUT2D eigenvalue weighted by molar-refractivity contribution is 0.182. The van der Waals surface area contributed by atoms with Gasteiger partial charge in [0, 0.05) is 26.2 Å². The summed E-state index contributed by atoms with van der Waals surface area (Å²) in [5.41, 5.74) is 0. The highest BCUT2D eigenvalue weighted by molar-refractivity contribution is 5.79. The molecule has 0 bridgehead atoms. The maximum atomic E-state index is 4.29. The van der Waals surface area contributed by atoms with Crippen molar-refractivity contribution >= 4 is 5.96 Å². The second-order valence-electron chi connectivity index (χ2n) is 6.58. The number of aliphatic imine (C=N–C) groups is 1.